The Morgan fingerprint density at radius 2 is 1.83 bits per heavy atom. The molecule has 0 unspecified atom stereocenters. The van der Waals surface area contributed by atoms with Crippen molar-refractivity contribution >= 4 is 29.5 Å². The van der Waals surface area contributed by atoms with Crippen molar-refractivity contribution in [3.8, 4) is 6.07 Å². The molecule has 0 aliphatic rings. The van der Waals surface area contributed by atoms with Gasteiger partial charge in [-0.25, -0.2) is 4.79 Å². The summed E-state index contributed by atoms with van der Waals surface area (Å²) < 4.78 is 4.98. The van der Waals surface area contributed by atoms with Crippen LogP contribution >= 0.6 is 0 Å². The molecule has 8 nitrogen and oxygen atoms in total. The predicted octanol–water partition coefficient (Wildman–Crippen LogP) is 1.58. The molecule has 0 saturated heterocycles. The zero-order valence-electron chi connectivity index (χ0n) is 17.6. The number of carbonyl (C=O) groups is 3. The van der Waals surface area contributed by atoms with Crippen LogP contribution in [0.5, 0.6) is 0 Å². The summed E-state index contributed by atoms with van der Waals surface area (Å²) in [6.45, 7) is 5.00. The number of esters is 1. The van der Waals surface area contributed by atoms with Crippen LogP contribution in [0, 0.1) is 11.3 Å². The Morgan fingerprint density at radius 1 is 1.21 bits per heavy atom. The number of benzene rings is 1. The number of nitrogens with zero attached hydrogens (tertiary/aromatic N) is 3. The topological polar surface area (TPSA) is 103 Å². The van der Waals surface area contributed by atoms with Gasteiger partial charge in [-0.3, -0.25) is 9.59 Å². The van der Waals surface area contributed by atoms with Crippen LogP contribution in [0.1, 0.15) is 26.3 Å². The van der Waals surface area contributed by atoms with Crippen molar-refractivity contribution in [1.82, 2.24) is 10.2 Å². The molecule has 1 N–H and O–H groups in total. The van der Waals surface area contributed by atoms with E-state index in [0.717, 1.165) is 5.69 Å². The molecule has 29 heavy (non-hydrogen) atoms. The zero-order valence-corrected chi connectivity index (χ0v) is 17.6. The number of anilines is 1. The second kappa shape index (κ2) is 11.5. The number of rotatable bonds is 9. The summed E-state index contributed by atoms with van der Waals surface area (Å²) in [6, 6.07) is 9.02. The average Bonchev–Trinajstić information content (AvgIpc) is 2.67. The van der Waals surface area contributed by atoms with Crippen molar-refractivity contribution in [3.05, 3.63) is 35.4 Å². The standard InChI is InChI=1S/C21H28N4O4/c1-6-25(13-19(26)23-15(2)3)20(27)14-29-21(28)17(12-22)11-16-7-9-18(10-8-16)24(4)5/h7-11,15H,6,13-14H2,1-5H3,(H,23,26)/b17-11+. The van der Waals surface area contributed by atoms with E-state index < -0.39 is 18.5 Å². The van der Waals surface area contributed by atoms with E-state index >= 15 is 0 Å². The molecule has 1 aromatic rings. The summed E-state index contributed by atoms with van der Waals surface area (Å²) >= 11 is 0. The van der Waals surface area contributed by atoms with Crippen molar-refractivity contribution in [3.63, 3.8) is 0 Å². The number of hydrogen-bond acceptors (Lipinski definition) is 6. The Bertz CT molecular complexity index is 792. The lowest BCUT2D eigenvalue weighted by atomic mass is 10.1. The Hall–Kier alpha value is -3.34. The number of ether oxygens (including phenoxy) is 1. The monoisotopic (exact) mass is 400 g/mol. The van der Waals surface area contributed by atoms with Gasteiger partial charge in [0.2, 0.25) is 5.91 Å². The van der Waals surface area contributed by atoms with Crippen LogP contribution in [0.15, 0.2) is 29.8 Å². The van der Waals surface area contributed by atoms with Crippen molar-refractivity contribution in [1.29, 1.82) is 5.26 Å². The number of likely N-dealkylation sites (N-methyl/N-ethyl adjacent to an activating group) is 1. The van der Waals surface area contributed by atoms with E-state index in [4.69, 9.17) is 4.74 Å². The molecular formula is C21H28N4O4. The summed E-state index contributed by atoms with van der Waals surface area (Å²) in [4.78, 5) is 39.4. The maximum absolute atomic E-state index is 12.2. The quantitative estimate of drug-likeness (QED) is 0.383. The molecule has 0 saturated carbocycles. The lowest BCUT2D eigenvalue weighted by Crippen LogP contribution is -2.44. The number of nitrogens with one attached hydrogen (secondary N) is 1. The van der Waals surface area contributed by atoms with Crippen LogP contribution in [-0.4, -0.2) is 62.5 Å². The van der Waals surface area contributed by atoms with E-state index in [9.17, 15) is 19.6 Å². The second-order valence-electron chi connectivity index (χ2n) is 6.86. The van der Waals surface area contributed by atoms with Gasteiger partial charge < -0.3 is 19.9 Å². The van der Waals surface area contributed by atoms with E-state index in [1.54, 1.807) is 25.1 Å². The molecule has 156 valence electrons. The number of carbonyl (C=O) groups excluding carboxylic acids is 3. The van der Waals surface area contributed by atoms with Crippen LogP contribution in [0.25, 0.3) is 6.08 Å². The largest absolute Gasteiger partial charge is 0.451 e. The van der Waals surface area contributed by atoms with Gasteiger partial charge in [0.15, 0.2) is 6.61 Å². The smallest absolute Gasteiger partial charge is 0.349 e. The summed E-state index contributed by atoms with van der Waals surface area (Å²) in [5, 5.41) is 11.9. The number of nitriles is 1. The first kappa shape index (κ1) is 23.7. The van der Waals surface area contributed by atoms with Gasteiger partial charge in [-0.2, -0.15) is 5.26 Å². The minimum Gasteiger partial charge on any atom is -0.451 e. The Labute approximate surface area is 171 Å². The minimum atomic E-state index is -0.889. The Balaban J connectivity index is 2.71. The molecule has 0 atom stereocenters. The van der Waals surface area contributed by atoms with Crippen molar-refractivity contribution in [2.45, 2.75) is 26.8 Å². The first-order valence-corrected chi connectivity index (χ1v) is 9.31. The Kier molecular flexibility index (Phi) is 9.39. The molecule has 0 spiro atoms. The molecule has 0 aliphatic carbocycles. The highest BCUT2D eigenvalue weighted by Crippen LogP contribution is 2.15. The van der Waals surface area contributed by atoms with Gasteiger partial charge in [0.1, 0.15) is 11.6 Å². The van der Waals surface area contributed by atoms with Crippen molar-refractivity contribution < 1.29 is 19.1 Å². The fraction of sp³-hybridized carbons (Fsp3) is 0.429. The van der Waals surface area contributed by atoms with Gasteiger partial charge in [0.25, 0.3) is 5.91 Å². The van der Waals surface area contributed by atoms with E-state index in [1.165, 1.54) is 11.0 Å². The Morgan fingerprint density at radius 3 is 2.31 bits per heavy atom. The second-order valence-corrected chi connectivity index (χ2v) is 6.86. The highest BCUT2D eigenvalue weighted by molar-refractivity contribution is 5.99. The first-order chi connectivity index (χ1) is 13.7. The molecule has 8 heteroatoms. The molecule has 1 aromatic carbocycles. The van der Waals surface area contributed by atoms with E-state index in [1.807, 2.05) is 45.0 Å². The molecular weight excluding hydrogens is 372 g/mol. The molecule has 1 rings (SSSR count). The van der Waals surface area contributed by atoms with Crippen LogP contribution < -0.4 is 10.2 Å². The fourth-order valence-corrected chi connectivity index (χ4v) is 2.39. The summed E-state index contributed by atoms with van der Waals surface area (Å²) in [6.07, 6.45) is 1.40. The molecule has 2 amide bonds. The highest BCUT2D eigenvalue weighted by atomic mass is 16.5. The van der Waals surface area contributed by atoms with E-state index in [2.05, 4.69) is 5.32 Å². The summed E-state index contributed by atoms with van der Waals surface area (Å²) in [5.74, 6) is -1.69. The predicted molar refractivity (Wildman–Crippen MR) is 111 cm³/mol. The summed E-state index contributed by atoms with van der Waals surface area (Å²) in [5.41, 5.74) is 1.43. The van der Waals surface area contributed by atoms with Gasteiger partial charge in [-0.1, -0.05) is 12.1 Å². The lowest BCUT2D eigenvalue weighted by molar-refractivity contribution is -0.149. The third kappa shape index (κ3) is 8.05. The number of amides is 2. The molecule has 0 aromatic heterocycles. The zero-order chi connectivity index (χ0) is 22.0. The van der Waals surface area contributed by atoms with Crippen molar-refractivity contribution in [2.24, 2.45) is 0 Å². The first-order valence-electron chi connectivity index (χ1n) is 9.31. The molecule has 0 aliphatic heterocycles. The van der Waals surface area contributed by atoms with Crippen LogP contribution in [0.4, 0.5) is 5.69 Å². The fourth-order valence-electron chi connectivity index (χ4n) is 2.39. The average molecular weight is 400 g/mol. The van der Waals surface area contributed by atoms with Gasteiger partial charge in [-0.05, 0) is 44.5 Å². The molecule has 0 fully saturated rings. The maximum Gasteiger partial charge on any atom is 0.349 e. The van der Waals surface area contributed by atoms with Gasteiger partial charge in [0.05, 0.1) is 6.54 Å². The number of hydrogen-bond donors (Lipinski definition) is 1. The third-order valence-corrected chi connectivity index (χ3v) is 3.91. The normalized spacial score (nSPS) is 10.9. The highest BCUT2D eigenvalue weighted by Gasteiger charge is 2.19. The molecule has 0 bridgehead atoms. The van der Waals surface area contributed by atoms with Gasteiger partial charge in [-0.15, -0.1) is 0 Å². The van der Waals surface area contributed by atoms with Crippen LogP contribution in [0.2, 0.25) is 0 Å². The van der Waals surface area contributed by atoms with Crippen molar-refractivity contribution in [2.75, 3.05) is 38.7 Å². The van der Waals surface area contributed by atoms with Crippen LogP contribution in [0.3, 0.4) is 0 Å². The minimum absolute atomic E-state index is 0.0377. The van der Waals surface area contributed by atoms with E-state index in [-0.39, 0.29) is 24.1 Å². The molecule has 0 radical (unpaired) electrons. The van der Waals surface area contributed by atoms with Gasteiger partial charge in [0, 0.05) is 32.4 Å². The molecule has 0 heterocycles. The van der Waals surface area contributed by atoms with Gasteiger partial charge >= 0.3 is 5.97 Å². The summed E-state index contributed by atoms with van der Waals surface area (Å²) in [7, 11) is 3.82. The lowest BCUT2D eigenvalue weighted by Gasteiger charge is -2.20. The third-order valence-electron chi connectivity index (χ3n) is 3.91. The maximum atomic E-state index is 12.2. The van der Waals surface area contributed by atoms with Crippen LogP contribution in [-0.2, 0) is 19.1 Å². The SMILES string of the molecule is CCN(CC(=O)NC(C)C)C(=O)COC(=O)/C(C#N)=C/c1ccc(N(C)C)cc1. The van der Waals surface area contributed by atoms with E-state index in [0.29, 0.717) is 12.1 Å².